The van der Waals surface area contributed by atoms with E-state index in [2.05, 4.69) is 13.8 Å². The molecule has 0 radical (unpaired) electrons. The summed E-state index contributed by atoms with van der Waals surface area (Å²) in [7, 11) is 0. The second-order valence-electron chi connectivity index (χ2n) is 5.79. The summed E-state index contributed by atoms with van der Waals surface area (Å²) in [6.07, 6.45) is 1.80. The van der Waals surface area contributed by atoms with E-state index in [9.17, 15) is 4.79 Å². The molecule has 4 nitrogen and oxygen atoms in total. The van der Waals surface area contributed by atoms with Gasteiger partial charge in [0.15, 0.2) is 0 Å². The molecule has 0 aromatic heterocycles. The summed E-state index contributed by atoms with van der Waals surface area (Å²) < 4.78 is 10.9. The molecule has 1 saturated carbocycles. The van der Waals surface area contributed by atoms with Crippen LogP contribution in [0.15, 0.2) is 0 Å². The molecule has 0 amide bonds. The molecule has 2 atom stereocenters. The molecule has 92 valence electrons. The molecule has 2 N–H and O–H groups in total. The Hall–Kier alpha value is -0.610. The average Bonchev–Trinajstić information content (AvgIpc) is 2.42. The predicted molar refractivity (Wildman–Crippen MR) is 59.8 cm³/mol. The third kappa shape index (κ3) is 1.74. The molecule has 1 aliphatic carbocycles. The van der Waals surface area contributed by atoms with Crippen LogP contribution in [0, 0.1) is 11.3 Å². The van der Waals surface area contributed by atoms with Crippen LogP contribution in [-0.4, -0.2) is 30.8 Å². The lowest BCUT2D eigenvalue weighted by Gasteiger charge is -2.52. The zero-order valence-electron chi connectivity index (χ0n) is 10.3. The van der Waals surface area contributed by atoms with Gasteiger partial charge in [-0.05, 0) is 25.2 Å². The first-order valence-electron chi connectivity index (χ1n) is 5.96. The van der Waals surface area contributed by atoms with Crippen molar-refractivity contribution in [3.05, 3.63) is 0 Å². The molecule has 2 unspecified atom stereocenters. The molecule has 1 spiro atoms. The van der Waals surface area contributed by atoms with Gasteiger partial charge >= 0.3 is 5.97 Å². The zero-order valence-corrected chi connectivity index (χ0v) is 10.3. The highest BCUT2D eigenvalue weighted by molar-refractivity contribution is 5.75. The summed E-state index contributed by atoms with van der Waals surface area (Å²) in [5.74, 6) is -0.469. The molecule has 4 heteroatoms. The van der Waals surface area contributed by atoms with E-state index in [-0.39, 0.29) is 28.9 Å². The monoisotopic (exact) mass is 227 g/mol. The lowest BCUT2D eigenvalue weighted by molar-refractivity contribution is -0.176. The van der Waals surface area contributed by atoms with Crippen molar-refractivity contribution < 1.29 is 14.3 Å². The molecular formula is C12H21NO3. The normalized spacial score (nSPS) is 34.8. The van der Waals surface area contributed by atoms with E-state index in [0.29, 0.717) is 13.2 Å². The molecule has 16 heavy (non-hydrogen) atoms. The van der Waals surface area contributed by atoms with Crippen molar-refractivity contribution in [2.24, 2.45) is 17.1 Å². The van der Waals surface area contributed by atoms with Crippen LogP contribution in [-0.2, 0) is 14.3 Å². The molecule has 1 aliphatic heterocycles. The second kappa shape index (κ2) is 3.70. The Morgan fingerprint density at radius 3 is 2.62 bits per heavy atom. The molecule has 1 heterocycles. The van der Waals surface area contributed by atoms with Crippen molar-refractivity contribution in [2.45, 2.75) is 45.3 Å². The van der Waals surface area contributed by atoms with Gasteiger partial charge in [-0.3, -0.25) is 4.79 Å². The van der Waals surface area contributed by atoms with Crippen molar-refractivity contribution in [1.82, 2.24) is 0 Å². The van der Waals surface area contributed by atoms with Crippen LogP contribution >= 0.6 is 0 Å². The van der Waals surface area contributed by atoms with Crippen LogP contribution in [0.5, 0.6) is 0 Å². The van der Waals surface area contributed by atoms with Gasteiger partial charge in [-0.15, -0.1) is 0 Å². The van der Waals surface area contributed by atoms with Gasteiger partial charge in [0.1, 0.15) is 5.92 Å². The molecule has 0 aromatic carbocycles. The van der Waals surface area contributed by atoms with Crippen molar-refractivity contribution in [2.75, 3.05) is 13.2 Å². The van der Waals surface area contributed by atoms with Gasteiger partial charge in [0.2, 0.25) is 0 Å². The van der Waals surface area contributed by atoms with Crippen LogP contribution in [0.25, 0.3) is 0 Å². The Labute approximate surface area is 96.5 Å². The second-order valence-corrected chi connectivity index (χ2v) is 5.79. The van der Waals surface area contributed by atoms with Crippen LogP contribution in [0.2, 0.25) is 0 Å². The van der Waals surface area contributed by atoms with Crippen molar-refractivity contribution >= 4 is 5.97 Å². The number of rotatable bonds is 2. The lowest BCUT2D eigenvalue weighted by atomic mass is 9.56. The highest BCUT2D eigenvalue weighted by Gasteiger charge is 2.62. The maximum absolute atomic E-state index is 11.9. The maximum Gasteiger partial charge on any atom is 0.313 e. The van der Waals surface area contributed by atoms with E-state index in [0.717, 1.165) is 12.8 Å². The number of esters is 1. The Balaban J connectivity index is 2.12. The number of carbonyl (C=O) groups is 1. The van der Waals surface area contributed by atoms with Gasteiger partial charge in [0.25, 0.3) is 0 Å². The molecule has 1 saturated heterocycles. The van der Waals surface area contributed by atoms with E-state index in [1.807, 2.05) is 6.92 Å². The Morgan fingerprint density at radius 1 is 1.50 bits per heavy atom. The van der Waals surface area contributed by atoms with Crippen LogP contribution in [0.3, 0.4) is 0 Å². The Morgan fingerprint density at radius 2 is 2.12 bits per heavy atom. The van der Waals surface area contributed by atoms with Gasteiger partial charge in [-0.1, -0.05) is 13.8 Å². The fraction of sp³-hybridized carbons (Fsp3) is 0.917. The largest absolute Gasteiger partial charge is 0.466 e. The maximum atomic E-state index is 11.9. The molecule has 2 fully saturated rings. The zero-order chi connectivity index (χ0) is 12.0. The number of hydrogen-bond donors (Lipinski definition) is 1. The minimum atomic E-state index is -0.338. The summed E-state index contributed by atoms with van der Waals surface area (Å²) in [4.78, 5) is 11.9. The van der Waals surface area contributed by atoms with Crippen LogP contribution in [0.4, 0.5) is 0 Å². The first-order valence-corrected chi connectivity index (χ1v) is 5.96. The van der Waals surface area contributed by atoms with Gasteiger partial charge < -0.3 is 15.2 Å². The minimum absolute atomic E-state index is 0.192. The summed E-state index contributed by atoms with van der Waals surface area (Å²) >= 11 is 0. The molecule has 2 rings (SSSR count). The predicted octanol–water partition coefficient (Wildman–Crippen LogP) is 1.08. The van der Waals surface area contributed by atoms with E-state index in [1.165, 1.54) is 0 Å². The van der Waals surface area contributed by atoms with E-state index < -0.39 is 0 Å². The minimum Gasteiger partial charge on any atom is -0.466 e. The fourth-order valence-electron chi connectivity index (χ4n) is 3.35. The molecular weight excluding hydrogens is 206 g/mol. The number of ether oxygens (including phenoxy) is 2. The summed E-state index contributed by atoms with van der Waals surface area (Å²) in [6.45, 7) is 7.07. The Bertz CT molecular complexity index is 293. The van der Waals surface area contributed by atoms with Crippen LogP contribution < -0.4 is 5.73 Å². The molecule has 0 bridgehead atoms. The van der Waals surface area contributed by atoms with Crippen molar-refractivity contribution in [3.63, 3.8) is 0 Å². The van der Waals surface area contributed by atoms with E-state index >= 15 is 0 Å². The first kappa shape index (κ1) is 11.9. The molecule has 2 aliphatic rings. The van der Waals surface area contributed by atoms with Crippen molar-refractivity contribution in [1.29, 1.82) is 0 Å². The third-order valence-electron chi connectivity index (χ3n) is 3.65. The van der Waals surface area contributed by atoms with Gasteiger partial charge in [0.05, 0.1) is 18.8 Å². The van der Waals surface area contributed by atoms with Crippen LogP contribution in [0.1, 0.15) is 33.6 Å². The van der Waals surface area contributed by atoms with E-state index in [4.69, 9.17) is 15.2 Å². The average molecular weight is 227 g/mol. The highest BCUT2D eigenvalue weighted by Crippen LogP contribution is 2.56. The number of hydrogen-bond acceptors (Lipinski definition) is 4. The molecule has 0 aromatic rings. The summed E-state index contributed by atoms with van der Waals surface area (Å²) in [6, 6.07) is -0.213. The van der Waals surface area contributed by atoms with E-state index in [1.54, 1.807) is 0 Å². The van der Waals surface area contributed by atoms with Gasteiger partial charge in [-0.2, -0.15) is 0 Å². The van der Waals surface area contributed by atoms with Gasteiger partial charge in [0, 0.05) is 6.04 Å². The third-order valence-corrected chi connectivity index (χ3v) is 3.65. The highest BCUT2D eigenvalue weighted by atomic mass is 16.5. The fourth-order valence-corrected chi connectivity index (χ4v) is 3.35. The quantitative estimate of drug-likeness (QED) is 0.717. The number of nitrogens with two attached hydrogens (primary N) is 1. The summed E-state index contributed by atoms with van der Waals surface area (Å²) in [5.41, 5.74) is 5.88. The standard InChI is InChI=1S/C12H21NO3/c1-4-15-10(14)9-8(13)5-16-12(9)6-11(2,3)7-12/h8-9H,4-7,13H2,1-3H3. The lowest BCUT2D eigenvalue weighted by Crippen LogP contribution is -2.57. The summed E-state index contributed by atoms with van der Waals surface area (Å²) in [5, 5.41) is 0. The van der Waals surface area contributed by atoms with Crippen molar-refractivity contribution in [3.8, 4) is 0 Å². The Kier molecular flexibility index (Phi) is 2.75. The topological polar surface area (TPSA) is 61.5 Å². The SMILES string of the molecule is CCOC(=O)C1C(N)COC12CC(C)(C)C2. The smallest absolute Gasteiger partial charge is 0.313 e. The number of carbonyl (C=O) groups excluding carboxylic acids is 1. The first-order chi connectivity index (χ1) is 7.40. The van der Waals surface area contributed by atoms with Gasteiger partial charge in [-0.25, -0.2) is 0 Å².